The van der Waals surface area contributed by atoms with E-state index in [4.69, 9.17) is 11.6 Å². The van der Waals surface area contributed by atoms with Crippen LogP contribution >= 0.6 is 11.6 Å². The van der Waals surface area contributed by atoms with Crippen LogP contribution in [0, 0.1) is 13.8 Å². The summed E-state index contributed by atoms with van der Waals surface area (Å²) >= 11 is 6.11. The molecule has 1 atom stereocenters. The number of halogens is 1. The van der Waals surface area contributed by atoms with Gasteiger partial charge in [0, 0.05) is 6.54 Å². The summed E-state index contributed by atoms with van der Waals surface area (Å²) in [6.07, 6.45) is 3.24. The van der Waals surface area contributed by atoms with E-state index < -0.39 is 11.5 Å². The fourth-order valence-electron chi connectivity index (χ4n) is 2.30. The standard InChI is InChI=1S/C15H26ClN3O2/c1-5-9-17-15(4,14(20)21)8-6-7-10-19-12(3)13(16)11(2)18-19/h17H,5-10H2,1-4H3,(H,20,21). The number of nitrogens with one attached hydrogen (secondary N) is 1. The Bertz CT molecular complexity index is 488. The van der Waals surface area contributed by atoms with E-state index in [1.165, 1.54) is 0 Å². The minimum absolute atomic E-state index is 0.607. The molecule has 120 valence electrons. The van der Waals surface area contributed by atoms with Crippen LogP contribution in [0.15, 0.2) is 0 Å². The van der Waals surface area contributed by atoms with Crippen LogP contribution in [0.5, 0.6) is 0 Å². The van der Waals surface area contributed by atoms with Gasteiger partial charge >= 0.3 is 5.97 Å². The van der Waals surface area contributed by atoms with Gasteiger partial charge in [-0.3, -0.25) is 9.48 Å². The third kappa shape index (κ3) is 4.71. The molecule has 1 heterocycles. The molecular formula is C15H26ClN3O2. The molecule has 1 rings (SSSR count). The molecule has 5 nitrogen and oxygen atoms in total. The van der Waals surface area contributed by atoms with Crippen LogP contribution in [0.25, 0.3) is 0 Å². The SMILES string of the molecule is CCCNC(C)(CCCCn1nc(C)c(Cl)c1C)C(=O)O. The molecule has 0 bridgehead atoms. The van der Waals surface area contributed by atoms with Gasteiger partial charge in [-0.05, 0) is 53.0 Å². The second kappa shape index (κ2) is 7.80. The highest BCUT2D eigenvalue weighted by Gasteiger charge is 2.31. The molecule has 1 unspecified atom stereocenters. The van der Waals surface area contributed by atoms with Gasteiger partial charge in [0.05, 0.1) is 16.4 Å². The Hall–Kier alpha value is -1.07. The molecule has 2 N–H and O–H groups in total. The summed E-state index contributed by atoms with van der Waals surface area (Å²) in [6, 6.07) is 0. The molecule has 0 aliphatic heterocycles. The van der Waals surface area contributed by atoms with Crippen molar-refractivity contribution in [2.24, 2.45) is 0 Å². The van der Waals surface area contributed by atoms with E-state index in [1.807, 2.05) is 25.5 Å². The topological polar surface area (TPSA) is 67.2 Å². The largest absolute Gasteiger partial charge is 0.480 e. The second-order valence-corrected chi connectivity index (χ2v) is 6.11. The van der Waals surface area contributed by atoms with Crippen molar-refractivity contribution in [1.29, 1.82) is 0 Å². The molecule has 6 heteroatoms. The Morgan fingerprint density at radius 2 is 2.10 bits per heavy atom. The number of rotatable bonds is 9. The predicted molar refractivity (Wildman–Crippen MR) is 84.9 cm³/mol. The molecule has 0 saturated carbocycles. The number of nitrogens with zero attached hydrogens (tertiary/aromatic N) is 2. The highest BCUT2D eigenvalue weighted by Crippen LogP contribution is 2.20. The molecular weight excluding hydrogens is 290 g/mol. The van der Waals surface area contributed by atoms with Gasteiger partial charge < -0.3 is 10.4 Å². The van der Waals surface area contributed by atoms with Crippen molar-refractivity contribution >= 4 is 17.6 Å². The lowest BCUT2D eigenvalue weighted by atomic mass is 9.94. The Labute approximate surface area is 131 Å². The minimum atomic E-state index is -0.845. The van der Waals surface area contributed by atoms with Crippen LogP contribution < -0.4 is 5.32 Å². The number of carboxylic acid groups (broad SMARTS) is 1. The minimum Gasteiger partial charge on any atom is -0.480 e. The van der Waals surface area contributed by atoms with Crippen LogP contribution in [-0.2, 0) is 11.3 Å². The van der Waals surface area contributed by atoms with Crippen molar-refractivity contribution in [2.45, 2.75) is 65.5 Å². The summed E-state index contributed by atoms with van der Waals surface area (Å²) in [5.41, 5.74) is 0.969. The van der Waals surface area contributed by atoms with Crippen molar-refractivity contribution in [3.63, 3.8) is 0 Å². The van der Waals surface area contributed by atoms with E-state index in [9.17, 15) is 9.90 Å². The molecule has 1 aromatic rings. The lowest BCUT2D eigenvalue weighted by Crippen LogP contribution is -2.49. The molecule has 0 radical (unpaired) electrons. The van der Waals surface area contributed by atoms with Gasteiger partial charge in [0.1, 0.15) is 5.54 Å². The van der Waals surface area contributed by atoms with Crippen molar-refractivity contribution in [3.8, 4) is 0 Å². The maximum atomic E-state index is 11.4. The van der Waals surface area contributed by atoms with Crippen molar-refractivity contribution in [2.75, 3.05) is 6.54 Å². The number of aliphatic carboxylic acids is 1. The van der Waals surface area contributed by atoms with Crippen LogP contribution in [0.1, 0.15) is 50.9 Å². The van der Waals surface area contributed by atoms with E-state index in [2.05, 4.69) is 10.4 Å². The highest BCUT2D eigenvalue weighted by atomic mass is 35.5. The van der Waals surface area contributed by atoms with Crippen molar-refractivity contribution in [3.05, 3.63) is 16.4 Å². The molecule has 0 amide bonds. The Morgan fingerprint density at radius 3 is 2.57 bits per heavy atom. The van der Waals surface area contributed by atoms with E-state index in [0.717, 1.165) is 48.8 Å². The smallest absolute Gasteiger partial charge is 0.323 e. The summed E-state index contributed by atoms with van der Waals surface area (Å²) < 4.78 is 1.90. The van der Waals surface area contributed by atoms with E-state index in [0.29, 0.717) is 6.42 Å². The van der Waals surface area contributed by atoms with E-state index in [-0.39, 0.29) is 0 Å². The van der Waals surface area contributed by atoms with Gasteiger partial charge in [-0.25, -0.2) is 0 Å². The summed E-state index contributed by atoms with van der Waals surface area (Å²) in [7, 11) is 0. The number of aromatic nitrogens is 2. The monoisotopic (exact) mass is 315 g/mol. The van der Waals surface area contributed by atoms with Gasteiger partial charge in [-0.15, -0.1) is 0 Å². The van der Waals surface area contributed by atoms with Gasteiger partial charge in [0.15, 0.2) is 0 Å². The number of unbranched alkanes of at least 4 members (excludes halogenated alkanes) is 1. The zero-order valence-corrected chi connectivity index (χ0v) is 14.1. The first-order chi connectivity index (χ1) is 9.81. The molecule has 0 aliphatic carbocycles. The summed E-state index contributed by atoms with van der Waals surface area (Å²) in [5.74, 6) is -0.787. The molecule has 0 fully saturated rings. The first-order valence-corrected chi connectivity index (χ1v) is 7.87. The van der Waals surface area contributed by atoms with Crippen molar-refractivity contribution < 1.29 is 9.90 Å². The highest BCUT2D eigenvalue weighted by molar-refractivity contribution is 6.31. The third-order valence-corrected chi connectivity index (χ3v) is 4.37. The van der Waals surface area contributed by atoms with E-state index in [1.54, 1.807) is 6.92 Å². The zero-order valence-electron chi connectivity index (χ0n) is 13.4. The van der Waals surface area contributed by atoms with Gasteiger partial charge in [0.25, 0.3) is 0 Å². The van der Waals surface area contributed by atoms with E-state index >= 15 is 0 Å². The van der Waals surface area contributed by atoms with Gasteiger partial charge in [0.2, 0.25) is 0 Å². The molecule has 0 spiro atoms. The first-order valence-electron chi connectivity index (χ1n) is 7.49. The number of carboxylic acids is 1. The number of aryl methyl sites for hydroxylation is 2. The average Bonchev–Trinajstić information content (AvgIpc) is 2.68. The first kappa shape index (κ1) is 18.0. The summed E-state index contributed by atoms with van der Waals surface area (Å²) in [5, 5.41) is 17.6. The van der Waals surface area contributed by atoms with Crippen LogP contribution in [0.2, 0.25) is 5.02 Å². The second-order valence-electron chi connectivity index (χ2n) is 5.73. The fourth-order valence-corrected chi connectivity index (χ4v) is 2.44. The zero-order chi connectivity index (χ0) is 16.0. The number of hydrogen-bond donors (Lipinski definition) is 2. The van der Waals surface area contributed by atoms with Gasteiger partial charge in [-0.2, -0.15) is 5.10 Å². The average molecular weight is 316 g/mol. The van der Waals surface area contributed by atoms with Gasteiger partial charge in [-0.1, -0.05) is 18.5 Å². The Balaban J connectivity index is 2.47. The number of hydrogen-bond acceptors (Lipinski definition) is 3. The van der Waals surface area contributed by atoms with Crippen molar-refractivity contribution in [1.82, 2.24) is 15.1 Å². The van der Waals surface area contributed by atoms with Crippen LogP contribution in [-0.4, -0.2) is 32.9 Å². The number of carbonyl (C=O) groups is 1. The molecule has 1 aromatic heterocycles. The predicted octanol–water partition coefficient (Wildman–Crippen LogP) is 3.17. The third-order valence-electron chi connectivity index (χ3n) is 3.83. The maximum Gasteiger partial charge on any atom is 0.323 e. The molecule has 21 heavy (non-hydrogen) atoms. The maximum absolute atomic E-state index is 11.4. The fraction of sp³-hybridized carbons (Fsp3) is 0.733. The Kier molecular flexibility index (Phi) is 6.68. The van der Waals surface area contributed by atoms with Crippen LogP contribution in [0.4, 0.5) is 0 Å². The summed E-state index contributed by atoms with van der Waals surface area (Å²) in [6.45, 7) is 9.11. The Morgan fingerprint density at radius 1 is 1.43 bits per heavy atom. The lowest BCUT2D eigenvalue weighted by Gasteiger charge is -2.26. The normalized spacial score (nSPS) is 14.1. The molecule has 0 aliphatic rings. The molecule has 0 saturated heterocycles. The summed E-state index contributed by atoms with van der Waals surface area (Å²) in [4.78, 5) is 11.4. The van der Waals surface area contributed by atoms with Crippen LogP contribution in [0.3, 0.4) is 0 Å². The molecule has 0 aromatic carbocycles. The quantitative estimate of drug-likeness (QED) is 0.687. The lowest BCUT2D eigenvalue weighted by molar-refractivity contribution is -0.144.